The smallest absolute Gasteiger partial charge is 0.134 e. The second kappa shape index (κ2) is 9.29. The average Bonchev–Trinajstić information content (AvgIpc) is 2.80. The highest BCUT2D eigenvalue weighted by atomic mass is 32.1. The molecule has 1 N–H and O–H groups in total. The van der Waals surface area contributed by atoms with E-state index in [1.165, 1.54) is 24.4 Å². The molecule has 0 saturated heterocycles. The average molecular weight is 298 g/mol. The summed E-state index contributed by atoms with van der Waals surface area (Å²) in [5.74, 6) is 1.50. The molecule has 4 nitrogen and oxygen atoms in total. The van der Waals surface area contributed by atoms with Crippen LogP contribution in [0.1, 0.15) is 53.2 Å². The summed E-state index contributed by atoms with van der Waals surface area (Å²) in [5.41, 5.74) is 1.10. The summed E-state index contributed by atoms with van der Waals surface area (Å²) in [6.07, 6.45) is 2.48. The highest BCUT2D eigenvalue weighted by Crippen LogP contribution is 2.20. The van der Waals surface area contributed by atoms with Crippen LogP contribution in [-0.4, -0.2) is 34.1 Å². The summed E-state index contributed by atoms with van der Waals surface area (Å²) in [5, 5.41) is 8.78. The number of hydrogen-bond acceptors (Lipinski definition) is 5. The van der Waals surface area contributed by atoms with Crippen molar-refractivity contribution in [3.05, 3.63) is 5.69 Å². The molecule has 0 fully saturated rings. The van der Waals surface area contributed by atoms with Gasteiger partial charge in [0.05, 0.1) is 0 Å². The Hall–Kier alpha value is -0.680. The van der Waals surface area contributed by atoms with Crippen LogP contribution in [0.25, 0.3) is 0 Å². The molecule has 0 spiro atoms. The Labute approximate surface area is 128 Å². The van der Waals surface area contributed by atoms with E-state index in [2.05, 4.69) is 54.4 Å². The molecule has 20 heavy (non-hydrogen) atoms. The fourth-order valence-electron chi connectivity index (χ4n) is 1.97. The molecule has 1 rings (SSSR count). The van der Waals surface area contributed by atoms with Gasteiger partial charge >= 0.3 is 0 Å². The van der Waals surface area contributed by atoms with Crippen molar-refractivity contribution in [3.63, 3.8) is 0 Å². The zero-order chi connectivity index (χ0) is 15.0. The maximum atomic E-state index is 4.29. The maximum absolute atomic E-state index is 4.29. The molecule has 0 aliphatic rings. The van der Waals surface area contributed by atoms with E-state index >= 15 is 0 Å². The van der Waals surface area contributed by atoms with Crippen LogP contribution in [0.3, 0.4) is 0 Å². The predicted molar refractivity (Wildman–Crippen MR) is 88.3 cm³/mol. The number of anilines is 1. The van der Waals surface area contributed by atoms with Gasteiger partial charge in [-0.15, -0.1) is 5.10 Å². The third kappa shape index (κ3) is 6.66. The van der Waals surface area contributed by atoms with Crippen LogP contribution in [0.15, 0.2) is 0 Å². The lowest BCUT2D eigenvalue weighted by molar-refractivity contribution is 0.233. The highest BCUT2D eigenvalue weighted by Gasteiger charge is 2.13. The van der Waals surface area contributed by atoms with E-state index in [0.29, 0.717) is 0 Å². The lowest BCUT2D eigenvalue weighted by atomic mass is 10.1. The van der Waals surface area contributed by atoms with Crippen molar-refractivity contribution >= 4 is 16.5 Å². The van der Waals surface area contributed by atoms with Gasteiger partial charge in [0.15, 0.2) is 0 Å². The molecule has 116 valence electrons. The first-order valence-corrected chi connectivity index (χ1v) is 8.57. The molecule has 0 atom stereocenters. The van der Waals surface area contributed by atoms with Crippen LogP contribution >= 0.6 is 11.5 Å². The van der Waals surface area contributed by atoms with Gasteiger partial charge in [0.25, 0.3) is 0 Å². The number of hydrogen-bond donors (Lipinski definition) is 1. The first kappa shape index (κ1) is 17.4. The monoisotopic (exact) mass is 298 g/mol. The first-order chi connectivity index (χ1) is 9.52. The van der Waals surface area contributed by atoms with Crippen LogP contribution < -0.4 is 5.32 Å². The van der Waals surface area contributed by atoms with Crippen molar-refractivity contribution in [1.29, 1.82) is 0 Å². The van der Waals surface area contributed by atoms with Gasteiger partial charge in [-0.05, 0) is 44.7 Å². The Morgan fingerprint density at radius 3 is 2.20 bits per heavy atom. The summed E-state index contributed by atoms with van der Waals surface area (Å²) >= 11 is 1.47. The normalized spacial score (nSPS) is 11.8. The molecule has 1 aromatic rings. The van der Waals surface area contributed by atoms with Crippen molar-refractivity contribution < 1.29 is 0 Å². The van der Waals surface area contributed by atoms with Gasteiger partial charge in [0.2, 0.25) is 0 Å². The van der Waals surface area contributed by atoms with Crippen molar-refractivity contribution in [1.82, 2.24) is 14.5 Å². The second-order valence-electron chi connectivity index (χ2n) is 6.22. The zero-order valence-corrected chi connectivity index (χ0v) is 14.5. The van der Waals surface area contributed by atoms with E-state index in [1.54, 1.807) is 0 Å². The van der Waals surface area contributed by atoms with Gasteiger partial charge in [-0.3, -0.25) is 4.90 Å². The summed E-state index contributed by atoms with van der Waals surface area (Å²) in [7, 11) is 0. The molecular formula is C15H30N4S. The molecule has 0 aliphatic carbocycles. The van der Waals surface area contributed by atoms with Gasteiger partial charge in [-0.25, -0.2) is 0 Å². The van der Waals surface area contributed by atoms with Crippen molar-refractivity contribution in [2.24, 2.45) is 11.8 Å². The summed E-state index contributed by atoms with van der Waals surface area (Å²) in [6, 6.07) is 0. The largest absolute Gasteiger partial charge is 0.374 e. The lowest BCUT2D eigenvalue weighted by Crippen LogP contribution is -2.28. The number of nitrogens with one attached hydrogen (secondary N) is 1. The lowest BCUT2D eigenvalue weighted by Gasteiger charge is -2.23. The minimum absolute atomic E-state index is 0.748. The van der Waals surface area contributed by atoms with Crippen LogP contribution in [0.4, 0.5) is 5.00 Å². The van der Waals surface area contributed by atoms with E-state index in [0.717, 1.165) is 48.7 Å². The van der Waals surface area contributed by atoms with Crippen molar-refractivity contribution in [3.8, 4) is 0 Å². The van der Waals surface area contributed by atoms with Crippen molar-refractivity contribution in [2.45, 2.75) is 54.0 Å². The van der Waals surface area contributed by atoms with Gasteiger partial charge < -0.3 is 5.32 Å². The van der Waals surface area contributed by atoms with Crippen LogP contribution in [-0.2, 0) is 6.54 Å². The van der Waals surface area contributed by atoms with E-state index in [1.807, 2.05) is 0 Å². The Morgan fingerprint density at radius 2 is 1.70 bits per heavy atom. The van der Waals surface area contributed by atoms with Gasteiger partial charge in [0, 0.05) is 24.6 Å². The number of aromatic nitrogens is 2. The second-order valence-corrected chi connectivity index (χ2v) is 6.97. The summed E-state index contributed by atoms with van der Waals surface area (Å²) in [6.45, 7) is 15.4. The van der Waals surface area contributed by atoms with Gasteiger partial charge in [0.1, 0.15) is 10.7 Å². The Balaban J connectivity index is 2.59. The standard InChI is InChI=1S/C15H30N4S/c1-6-16-15-14(17-18-20-15)11-19(9-7-12(2)3)10-8-13(4)5/h12-13,16H,6-11H2,1-5H3. The highest BCUT2D eigenvalue weighted by molar-refractivity contribution is 7.10. The third-order valence-corrected chi connectivity index (χ3v) is 4.04. The minimum atomic E-state index is 0.748. The van der Waals surface area contributed by atoms with E-state index in [4.69, 9.17) is 0 Å². The molecule has 1 aromatic heterocycles. The Bertz CT molecular complexity index is 351. The third-order valence-electron chi connectivity index (χ3n) is 3.31. The Kier molecular flexibility index (Phi) is 8.07. The molecule has 0 unspecified atom stereocenters. The fourth-order valence-corrected chi connectivity index (χ4v) is 2.61. The molecule has 0 aromatic carbocycles. The number of nitrogens with zero attached hydrogens (tertiary/aromatic N) is 3. The topological polar surface area (TPSA) is 41.1 Å². The Morgan fingerprint density at radius 1 is 1.10 bits per heavy atom. The van der Waals surface area contributed by atoms with E-state index in [-0.39, 0.29) is 0 Å². The molecular weight excluding hydrogens is 268 g/mol. The molecule has 5 heteroatoms. The summed E-state index contributed by atoms with van der Waals surface area (Å²) in [4.78, 5) is 2.53. The predicted octanol–water partition coefficient (Wildman–Crippen LogP) is 3.86. The minimum Gasteiger partial charge on any atom is -0.374 e. The van der Waals surface area contributed by atoms with Crippen molar-refractivity contribution in [2.75, 3.05) is 25.0 Å². The van der Waals surface area contributed by atoms with Crippen LogP contribution in [0.2, 0.25) is 0 Å². The van der Waals surface area contributed by atoms with Gasteiger partial charge in [-0.2, -0.15) is 0 Å². The molecule has 1 heterocycles. The van der Waals surface area contributed by atoms with E-state index < -0.39 is 0 Å². The molecule has 0 saturated carbocycles. The number of rotatable bonds is 10. The molecule has 0 radical (unpaired) electrons. The van der Waals surface area contributed by atoms with Crippen LogP contribution in [0, 0.1) is 11.8 Å². The van der Waals surface area contributed by atoms with Gasteiger partial charge in [-0.1, -0.05) is 32.2 Å². The maximum Gasteiger partial charge on any atom is 0.134 e. The zero-order valence-electron chi connectivity index (χ0n) is 13.6. The fraction of sp³-hybridized carbons (Fsp3) is 0.867. The molecule has 0 aliphatic heterocycles. The van der Waals surface area contributed by atoms with E-state index in [9.17, 15) is 0 Å². The summed E-state index contributed by atoms with van der Waals surface area (Å²) < 4.78 is 4.09. The molecule has 0 bridgehead atoms. The van der Waals surface area contributed by atoms with Crippen LogP contribution in [0.5, 0.6) is 0 Å². The SMILES string of the molecule is CCNc1snnc1CN(CCC(C)C)CCC(C)C. The first-order valence-electron chi connectivity index (χ1n) is 7.80. The molecule has 0 amide bonds. The quantitative estimate of drug-likeness (QED) is 0.712.